The van der Waals surface area contributed by atoms with Crippen LogP contribution in [0.5, 0.6) is 0 Å². The van der Waals surface area contributed by atoms with E-state index in [-0.39, 0.29) is 22.9 Å². The summed E-state index contributed by atoms with van der Waals surface area (Å²) in [7, 11) is 0. The van der Waals surface area contributed by atoms with Crippen molar-refractivity contribution in [2.24, 2.45) is 5.73 Å². The minimum Gasteiger partial charge on any atom is -0.370 e. The zero-order chi connectivity index (χ0) is 21.6. The molecule has 0 radical (unpaired) electrons. The predicted octanol–water partition coefficient (Wildman–Crippen LogP) is 2.08. The van der Waals surface area contributed by atoms with Crippen LogP contribution in [0.4, 0.5) is 0 Å². The van der Waals surface area contributed by atoms with Crippen molar-refractivity contribution in [1.29, 1.82) is 0 Å². The summed E-state index contributed by atoms with van der Waals surface area (Å²) >= 11 is 0. The molecule has 0 atom stereocenters. The molecule has 170 valence electrons. The van der Waals surface area contributed by atoms with E-state index in [1.807, 2.05) is 9.80 Å². The summed E-state index contributed by atoms with van der Waals surface area (Å²) in [6.07, 6.45) is 9.88. The minimum absolute atomic E-state index is 0.0721. The van der Waals surface area contributed by atoms with E-state index in [0.29, 0.717) is 12.8 Å². The molecular weight excluding hydrogens is 378 g/mol. The summed E-state index contributed by atoms with van der Waals surface area (Å²) in [5.74, 6) is 1.45. The van der Waals surface area contributed by atoms with Crippen LogP contribution in [-0.2, 0) is 9.59 Å². The van der Waals surface area contributed by atoms with Crippen molar-refractivity contribution in [3.63, 3.8) is 0 Å². The number of nitrogens with one attached hydrogen (secondary N) is 2. The quantitative estimate of drug-likeness (QED) is 0.524. The first-order valence-electron chi connectivity index (χ1n) is 11.9. The normalized spacial score (nSPS) is 22.7. The molecule has 7 nitrogen and oxygen atoms in total. The summed E-state index contributed by atoms with van der Waals surface area (Å²) in [6, 6.07) is 0. The van der Waals surface area contributed by atoms with Crippen molar-refractivity contribution in [2.45, 2.75) is 88.6 Å². The molecule has 30 heavy (non-hydrogen) atoms. The number of hydrogen-bond acceptors (Lipinski definition) is 5. The summed E-state index contributed by atoms with van der Waals surface area (Å²) in [4.78, 5) is 28.9. The van der Waals surface area contributed by atoms with E-state index in [2.05, 4.69) is 24.1 Å². The Morgan fingerprint density at radius 2 is 1.43 bits per heavy atom. The Kier molecular flexibility index (Phi) is 7.66. The average molecular weight is 420 g/mol. The molecule has 2 amide bonds. The van der Waals surface area contributed by atoms with Crippen LogP contribution in [0.3, 0.4) is 0 Å². The molecule has 0 bridgehead atoms. The van der Waals surface area contributed by atoms with E-state index < -0.39 is 0 Å². The molecule has 0 aromatic rings. The maximum atomic E-state index is 12.5. The smallest absolute Gasteiger partial charge is 0.222 e. The van der Waals surface area contributed by atoms with Gasteiger partial charge in [-0.15, -0.1) is 0 Å². The fraction of sp³-hybridized carbons (Fsp3) is 0.826. The number of amides is 2. The molecule has 3 fully saturated rings. The van der Waals surface area contributed by atoms with Crippen LogP contribution in [0.15, 0.2) is 12.4 Å². The van der Waals surface area contributed by atoms with E-state index in [9.17, 15) is 9.59 Å². The van der Waals surface area contributed by atoms with Crippen molar-refractivity contribution < 1.29 is 9.59 Å². The number of nitrogens with two attached hydrogens (primary N) is 1. The van der Waals surface area contributed by atoms with Gasteiger partial charge in [-0.2, -0.15) is 0 Å². The number of rotatable bonds is 8. The van der Waals surface area contributed by atoms with Crippen molar-refractivity contribution >= 4 is 11.8 Å². The van der Waals surface area contributed by atoms with E-state index in [1.165, 1.54) is 0 Å². The molecule has 3 aliphatic rings. The Balaban J connectivity index is 1.22. The van der Waals surface area contributed by atoms with Crippen LogP contribution in [0.2, 0.25) is 0 Å². The molecule has 3 saturated heterocycles. The van der Waals surface area contributed by atoms with Gasteiger partial charge < -0.3 is 26.2 Å². The molecular formula is C23H41N5O2. The lowest BCUT2D eigenvalue weighted by Crippen LogP contribution is -2.53. The number of unbranched alkanes of at least 4 members (excludes halogenated alkanes) is 3. The lowest BCUT2D eigenvalue weighted by molar-refractivity contribution is -0.134. The van der Waals surface area contributed by atoms with Gasteiger partial charge in [-0.3, -0.25) is 9.59 Å². The van der Waals surface area contributed by atoms with Crippen LogP contribution < -0.4 is 16.4 Å². The molecule has 3 rings (SSSR count). The number of hydrogen-bond donors (Lipinski definition) is 3. The molecule has 0 aliphatic carbocycles. The molecule has 7 heteroatoms. The van der Waals surface area contributed by atoms with Gasteiger partial charge in [-0.05, 0) is 44.9 Å². The molecule has 3 heterocycles. The highest BCUT2D eigenvalue weighted by Gasteiger charge is 2.39. The Morgan fingerprint density at radius 3 is 1.87 bits per heavy atom. The van der Waals surface area contributed by atoms with Gasteiger partial charge >= 0.3 is 0 Å². The molecule has 0 unspecified atom stereocenters. The van der Waals surface area contributed by atoms with Gasteiger partial charge in [0.15, 0.2) is 0 Å². The maximum Gasteiger partial charge on any atom is 0.222 e. The maximum absolute atomic E-state index is 12.5. The van der Waals surface area contributed by atoms with Gasteiger partial charge in [0, 0.05) is 51.1 Å². The van der Waals surface area contributed by atoms with Gasteiger partial charge in [0.05, 0.1) is 11.4 Å². The summed E-state index contributed by atoms with van der Waals surface area (Å²) in [6.45, 7) is 10.2. The lowest BCUT2D eigenvalue weighted by atomic mass is 9.86. The molecule has 3 aliphatic heterocycles. The monoisotopic (exact) mass is 419 g/mol. The predicted molar refractivity (Wildman–Crippen MR) is 120 cm³/mol. The number of carbonyl (C=O) groups is 2. The zero-order valence-corrected chi connectivity index (χ0v) is 18.8. The van der Waals surface area contributed by atoms with Crippen LogP contribution >= 0.6 is 0 Å². The topological polar surface area (TPSA) is 90.7 Å². The summed E-state index contributed by atoms with van der Waals surface area (Å²) in [5.41, 5.74) is 6.33. The van der Waals surface area contributed by atoms with Crippen LogP contribution in [0.25, 0.3) is 0 Å². The molecule has 4 N–H and O–H groups in total. The van der Waals surface area contributed by atoms with Gasteiger partial charge in [0.25, 0.3) is 0 Å². The standard InChI is InChI=1S/C23H41N5O2/c1-3-22(24)10-14-27(15-11-22)20(29)8-6-4-5-7-9-21(30)28-16-12-23(13-17-28)18-25-19(2)26-23/h25-26H,2-18,24H2,1H3. The zero-order valence-electron chi connectivity index (χ0n) is 18.8. The third-order valence-electron chi connectivity index (χ3n) is 7.48. The van der Waals surface area contributed by atoms with Crippen LogP contribution in [0.1, 0.15) is 77.6 Å². The third-order valence-corrected chi connectivity index (χ3v) is 7.48. The average Bonchev–Trinajstić information content (AvgIpc) is 3.11. The fourth-order valence-corrected chi connectivity index (χ4v) is 4.95. The van der Waals surface area contributed by atoms with Crippen molar-refractivity contribution in [3.05, 3.63) is 12.4 Å². The lowest BCUT2D eigenvalue weighted by Gasteiger charge is -2.39. The van der Waals surface area contributed by atoms with Crippen molar-refractivity contribution in [1.82, 2.24) is 20.4 Å². The SMILES string of the molecule is C=C1NCC2(CCN(C(=O)CCCCCCC(=O)N3CCC(N)(CC)CC3)CC2)N1. The second-order valence-corrected chi connectivity index (χ2v) is 9.63. The van der Waals surface area contributed by atoms with Gasteiger partial charge in [-0.25, -0.2) is 0 Å². The molecule has 0 aromatic carbocycles. The second-order valence-electron chi connectivity index (χ2n) is 9.63. The number of piperidine rings is 2. The minimum atomic E-state index is -0.0721. The number of nitrogens with zero attached hydrogens (tertiary/aromatic N) is 2. The molecule has 0 saturated carbocycles. The van der Waals surface area contributed by atoms with Gasteiger partial charge in [0.2, 0.25) is 11.8 Å². The highest BCUT2D eigenvalue weighted by atomic mass is 16.2. The summed E-state index contributed by atoms with van der Waals surface area (Å²) in [5, 5.41) is 6.73. The Hall–Kier alpha value is -1.76. The first kappa shape index (κ1) is 22.9. The highest BCUT2D eigenvalue weighted by Crippen LogP contribution is 2.26. The largest absolute Gasteiger partial charge is 0.370 e. The van der Waals surface area contributed by atoms with E-state index in [1.54, 1.807) is 0 Å². The van der Waals surface area contributed by atoms with Gasteiger partial charge in [-0.1, -0.05) is 26.3 Å². The number of likely N-dealkylation sites (tertiary alicyclic amines) is 2. The number of carbonyl (C=O) groups excluding carboxylic acids is 2. The fourth-order valence-electron chi connectivity index (χ4n) is 4.95. The Bertz CT molecular complexity index is 619. The van der Waals surface area contributed by atoms with Crippen LogP contribution in [0, 0.1) is 0 Å². The molecule has 0 aromatic heterocycles. The van der Waals surface area contributed by atoms with E-state index >= 15 is 0 Å². The molecule has 1 spiro atoms. The van der Waals surface area contributed by atoms with Crippen molar-refractivity contribution in [2.75, 3.05) is 32.7 Å². The Labute approximate surface area is 181 Å². The second kappa shape index (κ2) is 10.0. The summed E-state index contributed by atoms with van der Waals surface area (Å²) < 4.78 is 0. The van der Waals surface area contributed by atoms with E-state index in [4.69, 9.17) is 5.73 Å². The van der Waals surface area contributed by atoms with Crippen molar-refractivity contribution in [3.8, 4) is 0 Å². The highest BCUT2D eigenvalue weighted by molar-refractivity contribution is 5.76. The van der Waals surface area contributed by atoms with E-state index in [0.717, 1.165) is 96.3 Å². The first-order valence-corrected chi connectivity index (χ1v) is 11.9. The Morgan fingerprint density at radius 1 is 0.933 bits per heavy atom. The third kappa shape index (κ3) is 5.90. The van der Waals surface area contributed by atoms with Crippen LogP contribution in [-0.4, -0.2) is 65.4 Å². The first-order chi connectivity index (χ1) is 14.3. The van der Waals surface area contributed by atoms with Gasteiger partial charge in [0.1, 0.15) is 0 Å².